The molecule has 0 radical (unpaired) electrons. The lowest BCUT2D eigenvalue weighted by Gasteiger charge is -2.20. The topological polar surface area (TPSA) is 61.3 Å². The molecule has 1 aliphatic heterocycles. The first kappa shape index (κ1) is 21.0. The van der Waals surface area contributed by atoms with Crippen LogP contribution in [0.4, 0.5) is 24.7 Å². The van der Waals surface area contributed by atoms with E-state index in [0.717, 1.165) is 15.7 Å². The smallest absolute Gasteiger partial charge is 0.392 e. The first-order chi connectivity index (χ1) is 14.2. The number of hydrogen-bond acceptors (Lipinski definition) is 5. The van der Waals surface area contributed by atoms with E-state index in [4.69, 9.17) is 0 Å². The standard InChI is InChI=1S/C21H20BrF3N4O/c1-12-16(22)3-2-4-17(12)27-20-18-13(5-7-26-20)9-14(19(28-18)21(23,24)25)10-29-8-6-15(30)11-29/h2-5,7,9,15,30H,6,8,10-11H2,1H3,(H,26,27). The summed E-state index contributed by atoms with van der Waals surface area (Å²) in [6.45, 7) is 2.90. The number of halogens is 4. The second-order valence-electron chi connectivity index (χ2n) is 7.44. The number of rotatable bonds is 4. The number of hydrogen-bond donors (Lipinski definition) is 2. The lowest BCUT2D eigenvalue weighted by Crippen LogP contribution is -2.24. The van der Waals surface area contributed by atoms with Gasteiger partial charge in [0.15, 0.2) is 5.82 Å². The molecule has 5 nitrogen and oxygen atoms in total. The molecule has 2 aromatic heterocycles. The highest BCUT2D eigenvalue weighted by Crippen LogP contribution is 2.35. The van der Waals surface area contributed by atoms with Crippen LogP contribution in [0.3, 0.4) is 0 Å². The SMILES string of the molecule is Cc1c(Br)cccc1Nc1nccc2cc(CN3CCC(O)C3)c(C(F)(F)F)nc12. The highest BCUT2D eigenvalue weighted by molar-refractivity contribution is 9.10. The summed E-state index contributed by atoms with van der Waals surface area (Å²) in [5, 5.41) is 13.4. The molecule has 2 N–H and O–H groups in total. The van der Waals surface area contributed by atoms with Crippen LogP contribution < -0.4 is 5.32 Å². The first-order valence-corrected chi connectivity index (χ1v) is 10.3. The van der Waals surface area contributed by atoms with Gasteiger partial charge in [-0.2, -0.15) is 13.2 Å². The van der Waals surface area contributed by atoms with E-state index in [0.29, 0.717) is 24.9 Å². The number of aliphatic hydroxyl groups is 1. The summed E-state index contributed by atoms with van der Waals surface area (Å²) in [6, 6.07) is 8.74. The summed E-state index contributed by atoms with van der Waals surface area (Å²) in [6.07, 6.45) is -2.98. The highest BCUT2D eigenvalue weighted by atomic mass is 79.9. The van der Waals surface area contributed by atoms with Gasteiger partial charge in [-0.3, -0.25) is 4.90 Å². The fourth-order valence-electron chi connectivity index (χ4n) is 3.67. The highest BCUT2D eigenvalue weighted by Gasteiger charge is 2.37. The summed E-state index contributed by atoms with van der Waals surface area (Å²) >= 11 is 3.45. The van der Waals surface area contributed by atoms with Gasteiger partial charge >= 0.3 is 6.18 Å². The Morgan fingerprint density at radius 1 is 1.30 bits per heavy atom. The van der Waals surface area contributed by atoms with Crippen molar-refractivity contribution in [3.05, 3.63) is 57.8 Å². The van der Waals surface area contributed by atoms with Gasteiger partial charge in [0.25, 0.3) is 0 Å². The van der Waals surface area contributed by atoms with Crippen molar-refractivity contribution in [2.75, 3.05) is 18.4 Å². The predicted octanol–water partition coefficient (Wildman–Crippen LogP) is 5.03. The Labute approximate surface area is 180 Å². The van der Waals surface area contributed by atoms with Crippen LogP contribution in [0.2, 0.25) is 0 Å². The van der Waals surface area contributed by atoms with Gasteiger partial charge < -0.3 is 10.4 Å². The fraction of sp³-hybridized carbons (Fsp3) is 0.333. The molecule has 1 aliphatic rings. The van der Waals surface area contributed by atoms with E-state index in [1.165, 1.54) is 6.07 Å². The van der Waals surface area contributed by atoms with Crippen molar-refractivity contribution in [1.82, 2.24) is 14.9 Å². The third-order valence-electron chi connectivity index (χ3n) is 5.24. The Bertz CT molecular complexity index is 1090. The number of nitrogens with one attached hydrogen (secondary N) is 1. The summed E-state index contributed by atoms with van der Waals surface area (Å²) in [5.74, 6) is 0.266. The van der Waals surface area contributed by atoms with Crippen LogP contribution >= 0.6 is 15.9 Å². The van der Waals surface area contributed by atoms with Gasteiger partial charge in [-0.25, -0.2) is 9.97 Å². The Morgan fingerprint density at radius 2 is 2.10 bits per heavy atom. The molecule has 1 fully saturated rings. The van der Waals surface area contributed by atoms with Crippen LogP contribution in [0.5, 0.6) is 0 Å². The van der Waals surface area contributed by atoms with Crippen molar-refractivity contribution in [3.63, 3.8) is 0 Å². The average Bonchev–Trinajstić information content (AvgIpc) is 3.09. The Morgan fingerprint density at radius 3 is 2.80 bits per heavy atom. The second kappa shape index (κ2) is 8.13. The molecule has 1 saturated heterocycles. The quantitative estimate of drug-likeness (QED) is 0.548. The molecule has 4 rings (SSSR count). The molecular formula is C21H20BrF3N4O. The van der Waals surface area contributed by atoms with E-state index in [1.54, 1.807) is 12.3 Å². The van der Waals surface area contributed by atoms with Crippen LogP contribution in [0.1, 0.15) is 23.2 Å². The minimum Gasteiger partial charge on any atom is -0.392 e. The molecule has 9 heteroatoms. The van der Waals surface area contributed by atoms with Crippen LogP contribution in [-0.4, -0.2) is 39.2 Å². The fourth-order valence-corrected chi connectivity index (χ4v) is 4.03. The zero-order valence-electron chi connectivity index (χ0n) is 16.2. The number of β-amino-alcohol motifs (C(OH)–C–C–N with tert-alkyl or cyclic N) is 1. The minimum absolute atomic E-state index is 0.0880. The molecule has 0 spiro atoms. The number of aliphatic hydroxyl groups excluding tert-OH is 1. The molecule has 0 bridgehead atoms. The molecule has 30 heavy (non-hydrogen) atoms. The van der Waals surface area contributed by atoms with Gasteiger partial charge in [-0.15, -0.1) is 0 Å². The van der Waals surface area contributed by atoms with Crippen LogP contribution in [-0.2, 0) is 12.7 Å². The summed E-state index contributed by atoms with van der Waals surface area (Å²) in [7, 11) is 0. The van der Waals surface area contributed by atoms with E-state index in [9.17, 15) is 18.3 Å². The third kappa shape index (κ3) is 4.28. The zero-order chi connectivity index (χ0) is 21.5. The number of anilines is 2. The number of aromatic nitrogens is 2. The first-order valence-electron chi connectivity index (χ1n) is 9.51. The molecule has 0 saturated carbocycles. The summed E-state index contributed by atoms with van der Waals surface area (Å²) < 4.78 is 42.4. The van der Waals surface area contributed by atoms with E-state index >= 15 is 0 Å². The van der Waals surface area contributed by atoms with Gasteiger partial charge in [0, 0.05) is 41.4 Å². The van der Waals surface area contributed by atoms with E-state index in [1.807, 2.05) is 30.0 Å². The molecule has 0 amide bonds. The number of benzene rings is 1. The number of fused-ring (bicyclic) bond motifs is 1. The molecule has 1 unspecified atom stereocenters. The number of likely N-dealkylation sites (tertiary alicyclic amines) is 1. The van der Waals surface area contributed by atoms with E-state index in [-0.39, 0.29) is 23.4 Å². The van der Waals surface area contributed by atoms with Crippen LogP contribution in [0.15, 0.2) is 41.0 Å². The number of pyridine rings is 2. The van der Waals surface area contributed by atoms with Crippen molar-refractivity contribution < 1.29 is 18.3 Å². The largest absolute Gasteiger partial charge is 0.433 e. The average molecular weight is 481 g/mol. The Kier molecular flexibility index (Phi) is 5.69. The van der Waals surface area contributed by atoms with Crippen molar-refractivity contribution >= 4 is 38.3 Å². The van der Waals surface area contributed by atoms with E-state index < -0.39 is 18.0 Å². The van der Waals surface area contributed by atoms with Gasteiger partial charge in [-0.05, 0) is 48.7 Å². The molecule has 3 heterocycles. The normalized spacial score (nSPS) is 17.6. The molecule has 0 aliphatic carbocycles. The van der Waals surface area contributed by atoms with Crippen LogP contribution in [0.25, 0.3) is 10.9 Å². The van der Waals surface area contributed by atoms with Gasteiger partial charge in [0.1, 0.15) is 11.2 Å². The van der Waals surface area contributed by atoms with Crippen molar-refractivity contribution in [1.29, 1.82) is 0 Å². The second-order valence-corrected chi connectivity index (χ2v) is 8.29. The Balaban J connectivity index is 1.78. The van der Waals surface area contributed by atoms with Crippen molar-refractivity contribution in [2.45, 2.75) is 32.2 Å². The number of nitrogens with zero attached hydrogens (tertiary/aromatic N) is 3. The van der Waals surface area contributed by atoms with Gasteiger partial charge in [0.05, 0.1) is 6.10 Å². The van der Waals surface area contributed by atoms with Gasteiger partial charge in [0.2, 0.25) is 0 Å². The predicted molar refractivity (Wildman–Crippen MR) is 113 cm³/mol. The molecular weight excluding hydrogens is 461 g/mol. The summed E-state index contributed by atoms with van der Waals surface area (Å²) in [4.78, 5) is 10.1. The molecule has 3 aromatic rings. The lowest BCUT2D eigenvalue weighted by molar-refractivity contribution is -0.141. The van der Waals surface area contributed by atoms with E-state index in [2.05, 4.69) is 31.2 Å². The van der Waals surface area contributed by atoms with Gasteiger partial charge in [-0.1, -0.05) is 22.0 Å². The third-order valence-corrected chi connectivity index (χ3v) is 6.10. The van der Waals surface area contributed by atoms with Crippen LogP contribution in [0, 0.1) is 6.92 Å². The summed E-state index contributed by atoms with van der Waals surface area (Å²) in [5.41, 5.74) is 0.985. The molecule has 158 valence electrons. The Hall–Kier alpha value is -2.23. The zero-order valence-corrected chi connectivity index (χ0v) is 17.8. The molecule has 1 atom stereocenters. The lowest BCUT2D eigenvalue weighted by atomic mass is 10.1. The molecule has 1 aromatic carbocycles. The maximum Gasteiger partial charge on any atom is 0.433 e. The van der Waals surface area contributed by atoms with Crippen molar-refractivity contribution in [2.24, 2.45) is 0 Å². The maximum absolute atomic E-state index is 13.8. The minimum atomic E-state index is -4.60. The maximum atomic E-state index is 13.8. The van der Waals surface area contributed by atoms with Crippen molar-refractivity contribution in [3.8, 4) is 0 Å². The number of alkyl halides is 3. The monoisotopic (exact) mass is 480 g/mol.